The van der Waals surface area contributed by atoms with E-state index in [0.29, 0.717) is 12.8 Å². The van der Waals surface area contributed by atoms with Gasteiger partial charge in [0.15, 0.2) is 6.10 Å². The second-order valence-corrected chi connectivity index (χ2v) is 11.4. The summed E-state index contributed by atoms with van der Waals surface area (Å²) in [4.78, 5) is 36.3. The Bertz CT molecular complexity index is 954. The van der Waals surface area contributed by atoms with Crippen molar-refractivity contribution >= 4 is 17.9 Å². The van der Waals surface area contributed by atoms with Crippen molar-refractivity contribution in [3.63, 3.8) is 0 Å². The summed E-state index contributed by atoms with van der Waals surface area (Å²) in [6, 6.07) is -0.742. The summed E-state index contributed by atoms with van der Waals surface area (Å²) in [5, 5.41) is 11.5. The number of esters is 2. The minimum absolute atomic E-state index is 0.00244. The van der Waals surface area contributed by atoms with E-state index in [1.165, 1.54) is 12.8 Å². The minimum Gasteiger partial charge on any atom is -0.544 e. The number of likely N-dealkylation sites (N-methyl/N-ethyl adjacent to an activating group) is 1. The van der Waals surface area contributed by atoms with E-state index in [1.54, 1.807) is 21.1 Å². The number of carboxylic acids is 1. The standard InChI is InChI=1S/C36H57NO7/c1-6-8-10-12-14-15-16-17-18-19-21-22-24-26-34(38)43-31-32(30-42-29-28-33(36(40)41)37(3,4)5)44-35(39)27-25-23-20-13-11-9-7-2/h8,10,12,14-21,23,32-33H,6-7,9,11,13,22,24-31H2,1-5H3/b10-8+,14-12+,16-15+,18-17+,21-19+,23-20+. The van der Waals surface area contributed by atoms with Crippen LogP contribution in [0, 0.1) is 0 Å². The highest BCUT2D eigenvalue weighted by Gasteiger charge is 2.25. The molecule has 44 heavy (non-hydrogen) atoms. The fourth-order valence-corrected chi connectivity index (χ4v) is 3.94. The molecule has 0 aromatic carbocycles. The Morgan fingerprint density at radius 3 is 1.93 bits per heavy atom. The van der Waals surface area contributed by atoms with Gasteiger partial charge in [-0.1, -0.05) is 99.6 Å². The molecule has 2 atom stereocenters. The number of rotatable bonds is 26. The Labute approximate surface area is 266 Å². The van der Waals surface area contributed by atoms with Crippen molar-refractivity contribution in [2.24, 2.45) is 0 Å². The van der Waals surface area contributed by atoms with Crippen LogP contribution >= 0.6 is 0 Å². The van der Waals surface area contributed by atoms with Gasteiger partial charge in [0, 0.05) is 19.3 Å². The van der Waals surface area contributed by atoms with Crippen LogP contribution in [0.2, 0.25) is 0 Å². The maximum absolute atomic E-state index is 12.4. The Hall–Kier alpha value is -3.23. The van der Waals surface area contributed by atoms with Crippen molar-refractivity contribution in [3.8, 4) is 0 Å². The molecule has 0 N–H and O–H groups in total. The van der Waals surface area contributed by atoms with Crippen molar-refractivity contribution in [1.29, 1.82) is 0 Å². The number of hydrogen-bond donors (Lipinski definition) is 0. The molecule has 0 radical (unpaired) electrons. The van der Waals surface area contributed by atoms with Crippen LogP contribution in [-0.2, 0) is 28.6 Å². The van der Waals surface area contributed by atoms with Crippen LogP contribution in [-0.4, -0.2) is 75.5 Å². The van der Waals surface area contributed by atoms with Crippen LogP contribution < -0.4 is 5.11 Å². The molecule has 0 fully saturated rings. The zero-order valence-corrected chi connectivity index (χ0v) is 27.8. The van der Waals surface area contributed by atoms with Gasteiger partial charge in [-0.2, -0.15) is 0 Å². The van der Waals surface area contributed by atoms with Gasteiger partial charge < -0.3 is 28.6 Å². The van der Waals surface area contributed by atoms with Gasteiger partial charge in [0.2, 0.25) is 0 Å². The molecule has 0 aromatic heterocycles. The molecule has 0 rings (SSSR count). The minimum atomic E-state index is -1.15. The van der Waals surface area contributed by atoms with Gasteiger partial charge >= 0.3 is 11.9 Å². The number of carbonyl (C=O) groups is 3. The average Bonchev–Trinajstić information content (AvgIpc) is 2.96. The normalized spacial score (nSPS) is 14.1. The molecule has 0 bridgehead atoms. The highest BCUT2D eigenvalue weighted by Crippen LogP contribution is 2.09. The lowest BCUT2D eigenvalue weighted by Gasteiger charge is -2.34. The zero-order chi connectivity index (χ0) is 32.9. The number of unbranched alkanes of at least 4 members (excludes halogenated alkanes) is 4. The smallest absolute Gasteiger partial charge is 0.306 e. The lowest BCUT2D eigenvalue weighted by molar-refractivity contribution is -0.889. The summed E-state index contributed by atoms with van der Waals surface area (Å²) < 4.78 is 16.8. The van der Waals surface area contributed by atoms with Gasteiger partial charge in [0.25, 0.3) is 0 Å². The van der Waals surface area contributed by atoms with E-state index in [0.717, 1.165) is 25.7 Å². The maximum Gasteiger partial charge on any atom is 0.306 e. The molecule has 0 aliphatic carbocycles. The molecule has 0 spiro atoms. The van der Waals surface area contributed by atoms with Gasteiger partial charge in [-0.25, -0.2) is 0 Å². The summed E-state index contributed by atoms with van der Waals surface area (Å²) in [7, 11) is 5.33. The molecule has 0 aliphatic heterocycles. The van der Waals surface area contributed by atoms with Crippen LogP contribution in [0.5, 0.6) is 0 Å². The summed E-state index contributed by atoms with van der Waals surface area (Å²) in [5.74, 6) is -1.92. The van der Waals surface area contributed by atoms with Gasteiger partial charge in [-0.15, -0.1) is 0 Å². The molecule has 0 saturated carbocycles. The first kappa shape index (κ1) is 40.8. The lowest BCUT2D eigenvalue weighted by atomic mass is 10.1. The highest BCUT2D eigenvalue weighted by molar-refractivity contribution is 5.70. The summed E-state index contributed by atoms with van der Waals surface area (Å²) >= 11 is 0. The van der Waals surface area contributed by atoms with Crippen LogP contribution in [0.15, 0.2) is 72.9 Å². The van der Waals surface area contributed by atoms with Gasteiger partial charge in [-0.05, 0) is 38.5 Å². The number of nitrogens with zero attached hydrogens (tertiary/aromatic N) is 1. The molecule has 8 heteroatoms. The predicted octanol–water partition coefficient (Wildman–Crippen LogP) is 5.95. The van der Waals surface area contributed by atoms with Gasteiger partial charge in [0.1, 0.15) is 12.6 Å². The summed E-state index contributed by atoms with van der Waals surface area (Å²) in [6.45, 7) is 4.27. The molecule has 0 saturated heterocycles. The number of hydrogen-bond acceptors (Lipinski definition) is 7. The summed E-state index contributed by atoms with van der Waals surface area (Å²) in [5.41, 5.74) is 0. The lowest BCUT2D eigenvalue weighted by Crippen LogP contribution is -2.55. The quantitative estimate of drug-likeness (QED) is 0.0390. The van der Waals surface area contributed by atoms with Crippen molar-refractivity contribution in [3.05, 3.63) is 72.9 Å². The number of ether oxygens (including phenoxy) is 3. The van der Waals surface area contributed by atoms with Crippen molar-refractivity contribution in [1.82, 2.24) is 0 Å². The SMILES string of the molecule is CC/C=C/C=C/C=C/C=C/C=C/CCCC(=O)OCC(COCCC(C(=O)[O-])[N+](C)(C)C)OC(=O)CC/C=C/CCCCC. The van der Waals surface area contributed by atoms with Gasteiger partial charge in [-0.3, -0.25) is 9.59 Å². The van der Waals surface area contributed by atoms with E-state index in [-0.39, 0.29) is 49.5 Å². The molecular weight excluding hydrogens is 558 g/mol. The predicted molar refractivity (Wildman–Crippen MR) is 175 cm³/mol. The molecule has 248 valence electrons. The topological polar surface area (TPSA) is 102 Å². The number of carbonyl (C=O) groups excluding carboxylic acids is 3. The molecular formula is C36H57NO7. The van der Waals surface area contributed by atoms with E-state index < -0.39 is 24.1 Å². The first-order chi connectivity index (χ1) is 21.1. The number of allylic oxidation sites excluding steroid dienone is 12. The number of aliphatic carboxylic acids is 1. The van der Waals surface area contributed by atoms with Crippen molar-refractivity contribution in [2.75, 3.05) is 41.0 Å². The highest BCUT2D eigenvalue weighted by atomic mass is 16.6. The molecule has 0 amide bonds. The Kier molecular flexibility index (Phi) is 25.3. The second kappa shape index (κ2) is 27.3. The number of carboxylic acid groups (broad SMARTS) is 1. The maximum atomic E-state index is 12.4. The third kappa shape index (κ3) is 25.3. The van der Waals surface area contributed by atoms with Crippen molar-refractivity contribution < 1.29 is 38.2 Å². The van der Waals surface area contributed by atoms with Crippen molar-refractivity contribution in [2.45, 2.75) is 96.6 Å². The van der Waals surface area contributed by atoms with Crippen LogP contribution in [0.3, 0.4) is 0 Å². The largest absolute Gasteiger partial charge is 0.544 e. The van der Waals surface area contributed by atoms with E-state index in [4.69, 9.17) is 14.2 Å². The van der Waals surface area contributed by atoms with Crippen LogP contribution in [0.1, 0.15) is 84.5 Å². The van der Waals surface area contributed by atoms with E-state index >= 15 is 0 Å². The van der Waals surface area contributed by atoms with E-state index in [2.05, 4.69) is 26.0 Å². The van der Waals surface area contributed by atoms with E-state index in [1.807, 2.05) is 60.8 Å². The molecule has 0 aliphatic rings. The number of quaternary nitrogens is 1. The molecule has 0 heterocycles. The Balaban J connectivity index is 4.67. The van der Waals surface area contributed by atoms with Gasteiger partial charge in [0.05, 0.1) is 40.3 Å². The molecule has 8 nitrogen and oxygen atoms in total. The van der Waals surface area contributed by atoms with Crippen LogP contribution in [0.25, 0.3) is 0 Å². The summed E-state index contributed by atoms with van der Waals surface area (Å²) in [6.07, 6.45) is 31.2. The fraction of sp³-hybridized carbons (Fsp3) is 0.583. The Morgan fingerprint density at radius 1 is 0.705 bits per heavy atom. The molecule has 2 unspecified atom stereocenters. The zero-order valence-electron chi connectivity index (χ0n) is 27.8. The Morgan fingerprint density at radius 2 is 1.32 bits per heavy atom. The van der Waals surface area contributed by atoms with E-state index in [9.17, 15) is 19.5 Å². The first-order valence-corrected chi connectivity index (χ1v) is 16.0. The fourth-order valence-electron chi connectivity index (χ4n) is 3.94. The second-order valence-electron chi connectivity index (χ2n) is 11.4. The third-order valence-electron chi connectivity index (χ3n) is 6.47. The van der Waals surface area contributed by atoms with Crippen LogP contribution in [0.4, 0.5) is 0 Å². The average molecular weight is 616 g/mol. The monoisotopic (exact) mass is 615 g/mol. The third-order valence-corrected chi connectivity index (χ3v) is 6.47. The molecule has 0 aromatic rings. The first-order valence-electron chi connectivity index (χ1n) is 16.0.